The highest BCUT2D eigenvalue weighted by Gasteiger charge is 2.22. The summed E-state index contributed by atoms with van der Waals surface area (Å²) in [5, 5.41) is 0. The summed E-state index contributed by atoms with van der Waals surface area (Å²) in [6.07, 6.45) is 7.22. The molecule has 1 heterocycles. The zero-order chi connectivity index (χ0) is 29.2. The molecule has 1 amide bonds. The monoisotopic (exact) mass is 579 g/mol. The topological polar surface area (TPSA) is 86.0 Å². The molecule has 0 atom stereocenters. The lowest BCUT2D eigenvalue weighted by atomic mass is 10.0. The van der Waals surface area contributed by atoms with Crippen LogP contribution >= 0.6 is 0 Å². The van der Waals surface area contributed by atoms with E-state index in [0.717, 1.165) is 37.1 Å². The van der Waals surface area contributed by atoms with Crippen molar-refractivity contribution >= 4 is 16.0 Å². The predicted molar refractivity (Wildman–Crippen MR) is 154 cm³/mol. The molecule has 9 heteroatoms. The summed E-state index contributed by atoms with van der Waals surface area (Å²) < 4.78 is 55.3. The summed E-state index contributed by atoms with van der Waals surface area (Å²) in [5.41, 5.74) is 2.34. The number of hydrogen-bond acceptors (Lipinski definition) is 6. The molecule has 0 aliphatic carbocycles. The van der Waals surface area contributed by atoms with E-state index in [1.54, 1.807) is 35.4 Å². The molecular formula is C32H34FNO6S. The van der Waals surface area contributed by atoms with Gasteiger partial charge in [0, 0.05) is 12.1 Å². The number of ether oxygens (including phenoxy) is 1. The first kappa shape index (κ1) is 29.9. The van der Waals surface area contributed by atoms with Crippen LogP contribution in [0.1, 0.15) is 59.9 Å². The Labute approximate surface area is 240 Å². The van der Waals surface area contributed by atoms with Crippen LogP contribution in [0, 0.1) is 5.82 Å². The van der Waals surface area contributed by atoms with Crippen LogP contribution < -0.4 is 8.92 Å². The van der Waals surface area contributed by atoms with Crippen molar-refractivity contribution in [3.63, 3.8) is 0 Å². The lowest BCUT2D eigenvalue weighted by Crippen LogP contribution is -2.30. The van der Waals surface area contributed by atoms with E-state index in [9.17, 15) is 17.6 Å². The molecule has 3 aromatic carbocycles. The van der Waals surface area contributed by atoms with Crippen LogP contribution in [0.4, 0.5) is 4.39 Å². The molecule has 41 heavy (non-hydrogen) atoms. The summed E-state index contributed by atoms with van der Waals surface area (Å²) in [4.78, 5) is 15.1. The Bertz CT molecular complexity index is 1520. The van der Waals surface area contributed by atoms with E-state index in [-0.39, 0.29) is 35.4 Å². The van der Waals surface area contributed by atoms with E-state index in [1.807, 2.05) is 24.3 Å². The SMILES string of the molecule is CCCCCCc1ccc(C(=O)N(Cc2ccc(OC)c(OS(=O)(=O)c3ccc(F)cc3)c2)Cc2ccco2)cc1. The Kier molecular flexibility index (Phi) is 10.2. The third-order valence-corrected chi connectivity index (χ3v) is 7.89. The second kappa shape index (κ2) is 14.0. The fourth-order valence-electron chi connectivity index (χ4n) is 4.42. The highest BCUT2D eigenvalue weighted by molar-refractivity contribution is 7.87. The Morgan fingerprint density at radius 3 is 2.27 bits per heavy atom. The van der Waals surface area contributed by atoms with Crippen LogP contribution in [0.2, 0.25) is 0 Å². The lowest BCUT2D eigenvalue weighted by molar-refractivity contribution is 0.0717. The minimum atomic E-state index is -4.26. The number of aryl methyl sites for hydroxylation is 1. The molecule has 4 rings (SSSR count). The summed E-state index contributed by atoms with van der Waals surface area (Å²) in [5.74, 6) is -0.0117. The van der Waals surface area contributed by atoms with E-state index < -0.39 is 15.9 Å². The van der Waals surface area contributed by atoms with Crippen molar-refractivity contribution in [1.29, 1.82) is 0 Å². The number of nitrogens with zero attached hydrogens (tertiary/aromatic N) is 1. The molecule has 0 fully saturated rings. The van der Waals surface area contributed by atoms with Gasteiger partial charge in [-0.05, 0) is 84.6 Å². The summed E-state index contributed by atoms with van der Waals surface area (Å²) in [6.45, 7) is 2.54. The third kappa shape index (κ3) is 8.20. The van der Waals surface area contributed by atoms with Gasteiger partial charge in [-0.25, -0.2) is 4.39 Å². The maximum Gasteiger partial charge on any atom is 0.339 e. The van der Waals surface area contributed by atoms with Crippen LogP contribution in [-0.4, -0.2) is 26.3 Å². The van der Waals surface area contributed by atoms with E-state index in [0.29, 0.717) is 16.9 Å². The molecular weight excluding hydrogens is 545 g/mol. The van der Waals surface area contributed by atoms with Gasteiger partial charge in [0.15, 0.2) is 11.5 Å². The van der Waals surface area contributed by atoms with Crippen LogP contribution in [0.3, 0.4) is 0 Å². The number of amides is 1. The minimum Gasteiger partial charge on any atom is -0.493 e. The number of halogens is 1. The number of benzene rings is 3. The van der Waals surface area contributed by atoms with Crippen LogP contribution in [-0.2, 0) is 29.6 Å². The van der Waals surface area contributed by atoms with Gasteiger partial charge >= 0.3 is 10.1 Å². The molecule has 0 unspecified atom stereocenters. The van der Waals surface area contributed by atoms with Gasteiger partial charge in [-0.15, -0.1) is 0 Å². The van der Waals surface area contributed by atoms with Crippen LogP contribution in [0.25, 0.3) is 0 Å². The number of rotatable bonds is 14. The third-order valence-electron chi connectivity index (χ3n) is 6.64. The molecule has 0 saturated heterocycles. The van der Waals surface area contributed by atoms with Crippen LogP contribution in [0.15, 0.2) is 94.4 Å². The molecule has 0 N–H and O–H groups in total. The number of furan rings is 1. The number of unbranched alkanes of at least 4 members (excludes halogenated alkanes) is 3. The summed E-state index contributed by atoms with van der Waals surface area (Å²) in [7, 11) is -2.87. The Balaban J connectivity index is 1.56. The lowest BCUT2D eigenvalue weighted by Gasteiger charge is -2.23. The van der Waals surface area contributed by atoms with Gasteiger partial charge in [-0.2, -0.15) is 8.42 Å². The second-order valence-corrected chi connectivity index (χ2v) is 11.3. The predicted octanol–water partition coefficient (Wildman–Crippen LogP) is 7.16. The Hall–Kier alpha value is -4.11. The normalized spacial score (nSPS) is 11.3. The van der Waals surface area contributed by atoms with Gasteiger partial charge in [0.05, 0.1) is 19.9 Å². The molecule has 0 aliphatic rings. The number of carbonyl (C=O) groups excluding carboxylic acids is 1. The smallest absolute Gasteiger partial charge is 0.339 e. The average Bonchev–Trinajstić information content (AvgIpc) is 3.48. The van der Waals surface area contributed by atoms with E-state index in [1.165, 1.54) is 38.0 Å². The maximum absolute atomic E-state index is 13.6. The number of methoxy groups -OCH3 is 1. The Morgan fingerprint density at radius 1 is 0.878 bits per heavy atom. The first-order valence-electron chi connectivity index (χ1n) is 13.6. The molecule has 0 aliphatic heterocycles. The van der Waals surface area contributed by atoms with E-state index in [2.05, 4.69) is 6.92 Å². The first-order valence-corrected chi connectivity index (χ1v) is 15.0. The van der Waals surface area contributed by atoms with E-state index in [4.69, 9.17) is 13.3 Å². The maximum atomic E-state index is 13.6. The minimum absolute atomic E-state index is 0.0489. The van der Waals surface area contributed by atoms with Crippen molar-refractivity contribution in [3.05, 3.63) is 113 Å². The molecule has 7 nitrogen and oxygen atoms in total. The van der Waals surface area contributed by atoms with Gasteiger partial charge in [0.2, 0.25) is 0 Å². The highest BCUT2D eigenvalue weighted by atomic mass is 32.2. The zero-order valence-corrected chi connectivity index (χ0v) is 24.0. The first-order chi connectivity index (χ1) is 19.8. The largest absolute Gasteiger partial charge is 0.493 e. The molecule has 1 aromatic heterocycles. The molecule has 0 saturated carbocycles. The molecule has 216 valence electrons. The summed E-state index contributed by atoms with van der Waals surface area (Å²) in [6, 6.07) is 20.4. The Morgan fingerprint density at radius 2 is 1.61 bits per heavy atom. The van der Waals surface area contributed by atoms with Crippen LogP contribution in [0.5, 0.6) is 11.5 Å². The average molecular weight is 580 g/mol. The fraction of sp³-hybridized carbons (Fsp3) is 0.281. The van der Waals surface area contributed by atoms with Gasteiger partial charge < -0.3 is 18.2 Å². The molecule has 0 radical (unpaired) electrons. The van der Waals surface area contributed by atoms with Crippen molar-refractivity contribution in [2.75, 3.05) is 7.11 Å². The molecule has 0 spiro atoms. The van der Waals surface area contributed by atoms with Gasteiger partial charge in [0.1, 0.15) is 16.5 Å². The summed E-state index contributed by atoms with van der Waals surface area (Å²) >= 11 is 0. The molecule has 0 bridgehead atoms. The molecule has 4 aromatic rings. The highest BCUT2D eigenvalue weighted by Crippen LogP contribution is 2.32. The van der Waals surface area contributed by atoms with Gasteiger partial charge in [-0.1, -0.05) is 44.4 Å². The van der Waals surface area contributed by atoms with Gasteiger partial charge in [-0.3, -0.25) is 4.79 Å². The van der Waals surface area contributed by atoms with Crippen molar-refractivity contribution in [2.45, 2.75) is 57.0 Å². The fourth-order valence-corrected chi connectivity index (χ4v) is 5.35. The van der Waals surface area contributed by atoms with Crippen molar-refractivity contribution in [1.82, 2.24) is 4.90 Å². The standard InChI is InChI=1S/C32H34FNO6S/c1-3-4-5-6-8-24-10-13-26(14-11-24)32(35)34(23-28-9-7-20-39-28)22-25-12-19-30(38-2)31(21-25)40-41(36,37)29-17-15-27(33)16-18-29/h7,9-21H,3-6,8,22-23H2,1-2H3. The second-order valence-electron chi connectivity index (χ2n) is 9.72. The van der Waals surface area contributed by atoms with E-state index >= 15 is 0 Å². The van der Waals surface area contributed by atoms with Gasteiger partial charge in [0.25, 0.3) is 5.91 Å². The van der Waals surface area contributed by atoms with Crippen molar-refractivity contribution < 1.29 is 30.9 Å². The zero-order valence-electron chi connectivity index (χ0n) is 23.2. The quantitative estimate of drug-likeness (QED) is 0.116. The number of carbonyl (C=O) groups is 1. The van der Waals surface area contributed by atoms with Crippen molar-refractivity contribution in [3.8, 4) is 11.5 Å². The number of hydrogen-bond donors (Lipinski definition) is 0. The van der Waals surface area contributed by atoms with Crippen molar-refractivity contribution in [2.24, 2.45) is 0 Å².